The minimum atomic E-state index is -0.0102. The van der Waals surface area contributed by atoms with E-state index in [-0.39, 0.29) is 5.91 Å². The summed E-state index contributed by atoms with van der Waals surface area (Å²) in [5.74, 6) is 2.31. The van der Waals surface area contributed by atoms with Gasteiger partial charge in [0, 0.05) is 44.0 Å². The number of hydrogen-bond acceptors (Lipinski definition) is 6. The lowest BCUT2D eigenvalue weighted by atomic mass is 10.3. The molecule has 0 radical (unpaired) electrons. The molecule has 0 aromatic carbocycles. The third-order valence-electron chi connectivity index (χ3n) is 4.99. The molecule has 0 aliphatic carbocycles. The Morgan fingerprint density at radius 2 is 1.89 bits per heavy atom. The molecule has 0 bridgehead atoms. The molecule has 1 fully saturated rings. The highest BCUT2D eigenvalue weighted by atomic mass is 16.3. The van der Waals surface area contributed by atoms with Gasteiger partial charge in [-0.2, -0.15) is 0 Å². The van der Waals surface area contributed by atoms with Gasteiger partial charge in [-0.3, -0.25) is 9.36 Å². The molecule has 8 heteroatoms. The average Bonchev–Trinajstić information content (AvgIpc) is 3.37. The molecule has 3 aromatic rings. The van der Waals surface area contributed by atoms with Gasteiger partial charge in [0.15, 0.2) is 0 Å². The third-order valence-corrected chi connectivity index (χ3v) is 4.99. The first-order valence-corrected chi connectivity index (χ1v) is 9.20. The Morgan fingerprint density at radius 3 is 2.57 bits per heavy atom. The van der Waals surface area contributed by atoms with E-state index in [1.807, 2.05) is 35.4 Å². The summed E-state index contributed by atoms with van der Waals surface area (Å²) < 4.78 is 7.18. The molecule has 1 aliphatic heterocycles. The Hall–Kier alpha value is -3.42. The second-order valence-corrected chi connectivity index (χ2v) is 6.68. The van der Waals surface area contributed by atoms with Crippen molar-refractivity contribution in [3.05, 3.63) is 60.3 Å². The minimum absolute atomic E-state index is 0.0102. The lowest BCUT2D eigenvalue weighted by molar-refractivity contribution is -0.126. The fourth-order valence-electron chi connectivity index (χ4n) is 3.17. The number of aromatic nitrogens is 4. The molecule has 1 saturated heterocycles. The van der Waals surface area contributed by atoms with Gasteiger partial charge in [0.2, 0.25) is 5.91 Å². The van der Waals surface area contributed by atoms with E-state index in [4.69, 9.17) is 4.42 Å². The molecule has 1 amide bonds. The Morgan fingerprint density at radius 1 is 1.11 bits per heavy atom. The van der Waals surface area contributed by atoms with Crippen molar-refractivity contribution in [1.82, 2.24) is 24.4 Å². The number of piperazine rings is 1. The van der Waals surface area contributed by atoms with Gasteiger partial charge in [-0.05, 0) is 32.1 Å². The summed E-state index contributed by atoms with van der Waals surface area (Å²) in [7, 11) is 0. The molecule has 28 heavy (non-hydrogen) atoms. The Bertz CT molecular complexity index is 984. The molecule has 4 rings (SSSR count). The van der Waals surface area contributed by atoms with Crippen LogP contribution in [-0.4, -0.2) is 56.5 Å². The molecule has 0 unspecified atom stereocenters. The number of aryl methyl sites for hydroxylation is 1. The molecule has 1 aliphatic rings. The minimum Gasteiger partial charge on any atom is -0.465 e. The summed E-state index contributed by atoms with van der Waals surface area (Å²) in [6.45, 7) is 6.72. The zero-order valence-electron chi connectivity index (χ0n) is 15.9. The van der Waals surface area contributed by atoms with Crippen LogP contribution in [0.4, 0.5) is 5.82 Å². The number of furan rings is 1. The number of hydrogen-bond donors (Lipinski definition) is 0. The van der Waals surface area contributed by atoms with Crippen molar-refractivity contribution in [3.8, 4) is 5.82 Å². The van der Waals surface area contributed by atoms with Crippen LogP contribution in [0.2, 0.25) is 0 Å². The fourth-order valence-corrected chi connectivity index (χ4v) is 3.17. The lowest BCUT2D eigenvalue weighted by Gasteiger charge is -2.35. The maximum Gasteiger partial charge on any atom is 0.246 e. The molecule has 8 nitrogen and oxygen atoms in total. The van der Waals surface area contributed by atoms with E-state index in [2.05, 4.69) is 19.9 Å². The van der Waals surface area contributed by atoms with Gasteiger partial charge in [0.25, 0.3) is 0 Å². The largest absolute Gasteiger partial charge is 0.465 e. The Kier molecular flexibility index (Phi) is 4.92. The zero-order chi connectivity index (χ0) is 19.5. The van der Waals surface area contributed by atoms with Gasteiger partial charge in [-0.25, -0.2) is 15.0 Å². The van der Waals surface area contributed by atoms with Crippen LogP contribution < -0.4 is 4.90 Å². The van der Waals surface area contributed by atoms with Crippen LogP contribution in [0, 0.1) is 13.8 Å². The van der Waals surface area contributed by atoms with Crippen molar-refractivity contribution in [1.29, 1.82) is 0 Å². The van der Waals surface area contributed by atoms with Crippen LogP contribution in [-0.2, 0) is 4.79 Å². The summed E-state index contributed by atoms with van der Waals surface area (Å²) in [6, 6.07) is 5.58. The first-order valence-electron chi connectivity index (χ1n) is 9.20. The number of rotatable bonds is 4. The van der Waals surface area contributed by atoms with Gasteiger partial charge in [-0.15, -0.1) is 0 Å². The van der Waals surface area contributed by atoms with Crippen LogP contribution >= 0.6 is 0 Å². The monoisotopic (exact) mass is 378 g/mol. The molecule has 0 N–H and O–H groups in total. The van der Waals surface area contributed by atoms with E-state index >= 15 is 0 Å². The van der Waals surface area contributed by atoms with Crippen molar-refractivity contribution in [2.75, 3.05) is 31.1 Å². The summed E-state index contributed by atoms with van der Waals surface area (Å²) in [6.07, 6.45) is 8.19. The van der Waals surface area contributed by atoms with Crippen molar-refractivity contribution >= 4 is 17.8 Å². The number of carbonyl (C=O) groups excluding carboxylic acids is 1. The van der Waals surface area contributed by atoms with Gasteiger partial charge in [0.05, 0.1) is 12.0 Å². The van der Waals surface area contributed by atoms with Crippen molar-refractivity contribution in [2.24, 2.45) is 0 Å². The molecule has 144 valence electrons. The zero-order valence-corrected chi connectivity index (χ0v) is 15.9. The van der Waals surface area contributed by atoms with E-state index in [9.17, 15) is 4.79 Å². The standard InChI is InChI=1S/C20H22N6O2/c1-15-16(2)26(14-23-15)19-12-18(21-13-22-19)24-7-9-25(10-8-24)20(27)6-5-17-4-3-11-28-17/h3-6,11-14H,7-10H2,1-2H3/b6-5+. The Balaban J connectivity index is 1.40. The van der Waals surface area contributed by atoms with E-state index in [0.29, 0.717) is 18.8 Å². The Labute approximate surface area is 163 Å². The van der Waals surface area contributed by atoms with Crippen LogP contribution in [0.25, 0.3) is 11.9 Å². The van der Waals surface area contributed by atoms with Gasteiger partial charge >= 0.3 is 0 Å². The topological polar surface area (TPSA) is 80.3 Å². The van der Waals surface area contributed by atoms with E-state index in [1.54, 1.807) is 37.1 Å². The predicted octanol–water partition coefficient (Wildman–Crippen LogP) is 2.23. The smallest absolute Gasteiger partial charge is 0.246 e. The molecular weight excluding hydrogens is 356 g/mol. The maximum atomic E-state index is 12.4. The van der Waals surface area contributed by atoms with E-state index < -0.39 is 0 Å². The van der Waals surface area contributed by atoms with Gasteiger partial charge in [-0.1, -0.05) is 0 Å². The molecule has 4 heterocycles. The number of imidazole rings is 1. The third kappa shape index (κ3) is 3.66. The lowest BCUT2D eigenvalue weighted by Crippen LogP contribution is -2.48. The number of nitrogens with zero attached hydrogens (tertiary/aromatic N) is 6. The van der Waals surface area contributed by atoms with E-state index in [0.717, 1.165) is 36.1 Å². The van der Waals surface area contributed by atoms with Crippen LogP contribution in [0.5, 0.6) is 0 Å². The molecule has 0 saturated carbocycles. The van der Waals surface area contributed by atoms with Crippen molar-refractivity contribution in [3.63, 3.8) is 0 Å². The molecule has 0 spiro atoms. The van der Waals surface area contributed by atoms with Crippen molar-refractivity contribution in [2.45, 2.75) is 13.8 Å². The summed E-state index contributed by atoms with van der Waals surface area (Å²) in [4.78, 5) is 29.5. The van der Waals surface area contributed by atoms with Gasteiger partial charge in [0.1, 0.15) is 30.1 Å². The SMILES string of the molecule is Cc1ncn(-c2cc(N3CCN(C(=O)/C=C/c4ccco4)CC3)ncn2)c1C. The van der Waals surface area contributed by atoms with Crippen LogP contribution in [0.3, 0.4) is 0 Å². The highest BCUT2D eigenvalue weighted by Gasteiger charge is 2.21. The first-order chi connectivity index (χ1) is 13.6. The summed E-state index contributed by atoms with van der Waals surface area (Å²) in [5, 5.41) is 0. The highest BCUT2D eigenvalue weighted by molar-refractivity contribution is 5.91. The molecule has 0 atom stereocenters. The molecule has 3 aromatic heterocycles. The van der Waals surface area contributed by atoms with Crippen LogP contribution in [0.15, 0.2) is 47.6 Å². The highest BCUT2D eigenvalue weighted by Crippen LogP contribution is 2.18. The normalized spacial score (nSPS) is 14.8. The number of anilines is 1. The number of carbonyl (C=O) groups is 1. The summed E-state index contributed by atoms with van der Waals surface area (Å²) in [5.41, 5.74) is 2.04. The predicted molar refractivity (Wildman–Crippen MR) is 105 cm³/mol. The van der Waals surface area contributed by atoms with E-state index in [1.165, 1.54) is 0 Å². The quantitative estimate of drug-likeness (QED) is 0.648. The second kappa shape index (κ2) is 7.67. The first kappa shape index (κ1) is 18.0. The maximum absolute atomic E-state index is 12.4. The van der Waals surface area contributed by atoms with Gasteiger partial charge < -0.3 is 14.2 Å². The van der Waals surface area contributed by atoms with Crippen LogP contribution in [0.1, 0.15) is 17.1 Å². The van der Waals surface area contributed by atoms with Crippen molar-refractivity contribution < 1.29 is 9.21 Å². The average molecular weight is 378 g/mol. The number of amides is 1. The molecular formula is C20H22N6O2. The summed E-state index contributed by atoms with van der Waals surface area (Å²) >= 11 is 0. The second-order valence-electron chi connectivity index (χ2n) is 6.68. The fraction of sp³-hybridized carbons (Fsp3) is 0.300.